The molecule has 2 nitrogen and oxygen atoms in total. The average molecular weight is 637 g/mol. The molecule has 1 heterocycles. The molecule has 0 radical (unpaired) electrons. The SMILES string of the molecule is c1ccc(-n2c3cccc(-c4cccc(N(c5ccc6ccccc6c5)c5ccc6ccccc6c5)c4)c3c3c4ccccc4ccc32)cc1. The van der Waals surface area contributed by atoms with Crippen molar-refractivity contribution in [1.82, 2.24) is 4.57 Å². The molecule has 0 saturated heterocycles. The highest BCUT2D eigenvalue weighted by Gasteiger charge is 2.20. The topological polar surface area (TPSA) is 8.17 Å². The third-order valence-electron chi connectivity index (χ3n) is 10.1. The first-order valence-electron chi connectivity index (χ1n) is 17.2. The molecule has 234 valence electrons. The molecule has 0 aliphatic heterocycles. The fourth-order valence-corrected chi connectivity index (χ4v) is 7.82. The Bertz CT molecular complexity index is 2800. The molecular formula is C48H32N2. The van der Waals surface area contributed by atoms with Crippen LogP contribution in [0.25, 0.3) is 70.9 Å². The Labute approximate surface area is 290 Å². The minimum atomic E-state index is 1.11. The predicted octanol–water partition coefficient (Wildman–Crippen LogP) is 13.4. The van der Waals surface area contributed by atoms with Gasteiger partial charge in [-0.25, -0.2) is 0 Å². The van der Waals surface area contributed by atoms with E-state index in [2.05, 4.69) is 204 Å². The summed E-state index contributed by atoms with van der Waals surface area (Å²) in [6, 6.07) is 70.6. The van der Waals surface area contributed by atoms with Gasteiger partial charge >= 0.3 is 0 Å². The van der Waals surface area contributed by atoms with Crippen molar-refractivity contribution < 1.29 is 0 Å². The molecule has 0 spiro atoms. The van der Waals surface area contributed by atoms with Crippen molar-refractivity contribution in [2.75, 3.05) is 4.90 Å². The van der Waals surface area contributed by atoms with Gasteiger partial charge in [-0.15, -0.1) is 0 Å². The molecule has 50 heavy (non-hydrogen) atoms. The third kappa shape index (κ3) is 4.57. The van der Waals surface area contributed by atoms with Crippen molar-refractivity contribution in [2.45, 2.75) is 0 Å². The second-order valence-corrected chi connectivity index (χ2v) is 13.0. The van der Waals surface area contributed by atoms with E-state index in [9.17, 15) is 0 Å². The van der Waals surface area contributed by atoms with Crippen LogP contribution in [0.1, 0.15) is 0 Å². The summed E-state index contributed by atoms with van der Waals surface area (Å²) in [7, 11) is 0. The molecule has 10 aromatic rings. The van der Waals surface area contributed by atoms with Gasteiger partial charge in [0.1, 0.15) is 0 Å². The van der Waals surface area contributed by atoms with Gasteiger partial charge in [0.15, 0.2) is 0 Å². The first kappa shape index (κ1) is 28.4. The number of rotatable bonds is 5. The quantitative estimate of drug-likeness (QED) is 0.182. The van der Waals surface area contributed by atoms with E-state index < -0.39 is 0 Å². The standard InChI is InChI=1S/C48H32N2/c1-2-18-39(19-3-1)50-45-23-11-22-44(48(45)47-43-21-9-8-14-35(43)26-29-46(47)50)38-17-10-20-40(32-38)49(41-27-24-33-12-4-6-15-36(33)30-41)42-28-25-34-13-5-7-16-37(34)31-42/h1-32H. The Morgan fingerprint density at radius 1 is 0.340 bits per heavy atom. The Morgan fingerprint density at radius 3 is 1.62 bits per heavy atom. The normalized spacial score (nSPS) is 11.6. The first-order chi connectivity index (χ1) is 24.8. The van der Waals surface area contributed by atoms with Crippen molar-refractivity contribution in [3.05, 3.63) is 194 Å². The average Bonchev–Trinajstić information content (AvgIpc) is 3.53. The second-order valence-electron chi connectivity index (χ2n) is 13.0. The lowest BCUT2D eigenvalue weighted by Crippen LogP contribution is -2.10. The number of hydrogen-bond acceptors (Lipinski definition) is 1. The molecule has 0 atom stereocenters. The van der Waals surface area contributed by atoms with Crippen LogP contribution in [0.5, 0.6) is 0 Å². The molecule has 1 aromatic heterocycles. The molecule has 0 unspecified atom stereocenters. The van der Waals surface area contributed by atoms with Gasteiger partial charge in [-0.05, 0) is 104 Å². The van der Waals surface area contributed by atoms with E-state index in [1.54, 1.807) is 0 Å². The molecule has 0 saturated carbocycles. The predicted molar refractivity (Wildman–Crippen MR) is 213 cm³/mol. The third-order valence-corrected chi connectivity index (χ3v) is 10.1. The van der Waals surface area contributed by atoms with Crippen molar-refractivity contribution in [1.29, 1.82) is 0 Å². The van der Waals surface area contributed by atoms with Crippen LogP contribution in [0, 0.1) is 0 Å². The zero-order chi connectivity index (χ0) is 33.0. The number of hydrogen-bond donors (Lipinski definition) is 0. The summed E-state index contributed by atoms with van der Waals surface area (Å²) in [5, 5.41) is 9.97. The summed E-state index contributed by atoms with van der Waals surface area (Å²) < 4.78 is 2.42. The first-order valence-corrected chi connectivity index (χ1v) is 17.2. The number of nitrogens with zero attached hydrogens (tertiary/aromatic N) is 2. The number of aromatic nitrogens is 1. The van der Waals surface area contributed by atoms with Gasteiger partial charge in [0.2, 0.25) is 0 Å². The number of fused-ring (bicyclic) bond motifs is 7. The van der Waals surface area contributed by atoms with Gasteiger partial charge in [0.25, 0.3) is 0 Å². The minimum Gasteiger partial charge on any atom is -0.310 e. The maximum Gasteiger partial charge on any atom is 0.0547 e. The monoisotopic (exact) mass is 636 g/mol. The maximum atomic E-state index is 2.42. The highest BCUT2D eigenvalue weighted by atomic mass is 15.1. The van der Waals surface area contributed by atoms with Crippen molar-refractivity contribution in [2.24, 2.45) is 0 Å². The van der Waals surface area contributed by atoms with E-state index in [1.807, 2.05) is 0 Å². The number of anilines is 3. The lowest BCUT2D eigenvalue weighted by atomic mass is 9.96. The smallest absolute Gasteiger partial charge is 0.0547 e. The minimum absolute atomic E-state index is 1.11. The summed E-state index contributed by atoms with van der Waals surface area (Å²) in [5.74, 6) is 0. The molecule has 0 aliphatic carbocycles. The molecule has 0 aliphatic rings. The zero-order valence-corrected chi connectivity index (χ0v) is 27.4. The fourth-order valence-electron chi connectivity index (χ4n) is 7.82. The van der Waals surface area contributed by atoms with Gasteiger partial charge < -0.3 is 9.47 Å². The summed E-state index contributed by atoms with van der Waals surface area (Å²) in [4.78, 5) is 2.39. The van der Waals surface area contributed by atoms with E-state index in [0.29, 0.717) is 0 Å². The Morgan fingerprint density at radius 2 is 0.900 bits per heavy atom. The van der Waals surface area contributed by atoms with Gasteiger partial charge in [-0.1, -0.05) is 133 Å². The highest BCUT2D eigenvalue weighted by Crippen LogP contribution is 2.44. The lowest BCUT2D eigenvalue weighted by molar-refractivity contribution is 1.18. The van der Waals surface area contributed by atoms with Gasteiger partial charge in [0, 0.05) is 33.5 Å². The van der Waals surface area contributed by atoms with Crippen molar-refractivity contribution in [3.63, 3.8) is 0 Å². The summed E-state index contributed by atoms with van der Waals surface area (Å²) in [6.07, 6.45) is 0. The van der Waals surface area contributed by atoms with E-state index in [4.69, 9.17) is 0 Å². The van der Waals surface area contributed by atoms with Crippen LogP contribution < -0.4 is 4.90 Å². The van der Waals surface area contributed by atoms with Crippen LogP contribution in [0.3, 0.4) is 0 Å². The van der Waals surface area contributed by atoms with Gasteiger partial charge in [-0.3, -0.25) is 0 Å². The number of benzene rings is 9. The summed E-state index contributed by atoms with van der Waals surface area (Å²) >= 11 is 0. The number of para-hydroxylation sites is 1. The molecule has 0 amide bonds. The van der Waals surface area contributed by atoms with E-state index >= 15 is 0 Å². The highest BCUT2D eigenvalue weighted by molar-refractivity contribution is 6.25. The lowest BCUT2D eigenvalue weighted by Gasteiger charge is -2.27. The van der Waals surface area contributed by atoms with Crippen molar-refractivity contribution in [3.8, 4) is 16.8 Å². The maximum absolute atomic E-state index is 2.42. The molecule has 9 aromatic carbocycles. The fraction of sp³-hybridized carbons (Fsp3) is 0. The zero-order valence-electron chi connectivity index (χ0n) is 27.4. The summed E-state index contributed by atoms with van der Waals surface area (Å²) in [5.41, 5.74) is 9.34. The van der Waals surface area contributed by atoms with Crippen molar-refractivity contribution >= 4 is 71.2 Å². The van der Waals surface area contributed by atoms with Crippen LogP contribution >= 0.6 is 0 Å². The molecule has 0 bridgehead atoms. The van der Waals surface area contributed by atoms with Crippen LogP contribution in [0.15, 0.2) is 194 Å². The molecule has 2 heteroatoms. The Balaban J connectivity index is 1.23. The van der Waals surface area contributed by atoms with E-state index in [-0.39, 0.29) is 0 Å². The van der Waals surface area contributed by atoms with E-state index in [1.165, 1.54) is 65.3 Å². The van der Waals surface area contributed by atoms with Crippen LogP contribution in [0.4, 0.5) is 17.1 Å². The molecular weight excluding hydrogens is 605 g/mol. The largest absolute Gasteiger partial charge is 0.310 e. The second kappa shape index (κ2) is 11.5. The van der Waals surface area contributed by atoms with Gasteiger partial charge in [-0.2, -0.15) is 0 Å². The Kier molecular flexibility index (Phi) is 6.53. The van der Waals surface area contributed by atoms with Crippen LogP contribution in [-0.4, -0.2) is 4.57 Å². The Hall–Kier alpha value is -6.64. The van der Waals surface area contributed by atoms with Crippen LogP contribution in [-0.2, 0) is 0 Å². The molecule has 10 rings (SSSR count). The van der Waals surface area contributed by atoms with E-state index in [0.717, 1.165) is 22.7 Å². The van der Waals surface area contributed by atoms with Gasteiger partial charge in [0.05, 0.1) is 11.0 Å². The molecule has 0 N–H and O–H groups in total. The van der Waals surface area contributed by atoms with Crippen LogP contribution in [0.2, 0.25) is 0 Å². The summed E-state index contributed by atoms with van der Waals surface area (Å²) in [6.45, 7) is 0. The molecule has 0 fully saturated rings.